The van der Waals surface area contributed by atoms with Crippen molar-refractivity contribution in [3.05, 3.63) is 66.0 Å². The van der Waals surface area contributed by atoms with E-state index in [2.05, 4.69) is 21.9 Å². The van der Waals surface area contributed by atoms with E-state index in [1.807, 2.05) is 48.5 Å². The van der Waals surface area contributed by atoms with Gasteiger partial charge in [0.05, 0.1) is 17.1 Å². The zero-order chi connectivity index (χ0) is 14.7. The van der Waals surface area contributed by atoms with Crippen LogP contribution < -0.4 is 5.73 Å². The van der Waals surface area contributed by atoms with Gasteiger partial charge in [0.15, 0.2) is 5.82 Å². The fourth-order valence-electron chi connectivity index (χ4n) is 2.08. The molecule has 0 bridgehead atoms. The number of halogens is 1. The molecule has 2 aromatic heterocycles. The summed E-state index contributed by atoms with van der Waals surface area (Å²) in [6.45, 7) is 2.43. The van der Waals surface area contributed by atoms with Crippen LogP contribution in [0.2, 0.25) is 0 Å². The maximum absolute atomic E-state index is 5.76. The lowest BCUT2D eigenvalue weighted by molar-refractivity contribution is 0.970. The van der Waals surface area contributed by atoms with Crippen molar-refractivity contribution in [2.75, 3.05) is 0 Å². The van der Waals surface area contributed by atoms with Gasteiger partial charge in [0.1, 0.15) is 0 Å². The third-order valence-electron chi connectivity index (χ3n) is 3.23. The van der Waals surface area contributed by atoms with Crippen molar-refractivity contribution in [1.82, 2.24) is 15.0 Å². The van der Waals surface area contributed by atoms with Crippen molar-refractivity contribution in [2.45, 2.75) is 13.5 Å². The number of hydrogen-bond acceptors (Lipinski definition) is 4. The molecule has 112 valence electrons. The number of aromatic nitrogens is 3. The molecule has 0 aliphatic carbocycles. The molecule has 0 saturated carbocycles. The second kappa shape index (κ2) is 7.11. The zero-order valence-electron chi connectivity index (χ0n) is 12.2. The highest BCUT2D eigenvalue weighted by Gasteiger charge is 2.08. The van der Waals surface area contributed by atoms with Crippen molar-refractivity contribution in [3.63, 3.8) is 0 Å². The molecule has 0 saturated heterocycles. The summed E-state index contributed by atoms with van der Waals surface area (Å²) >= 11 is 0. The fraction of sp³-hybridized carbons (Fsp3) is 0.118. The Morgan fingerprint density at radius 3 is 2.36 bits per heavy atom. The molecule has 4 nitrogen and oxygen atoms in total. The molecule has 2 heterocycles. The van der Waals surface area contributed by atoms with Crippen molar-refractivity contribution >= 4 is 12.4 Å². The first-order chi connectivity index (χ1) is 10.3. The molecule has 0 aliphatic heterocycles. The summed E-state index contributed by atoms with van der Waals surface area (Å²) < 4.78 is 0. The first-order valence-corrected chi connectivity index (χ1v) is 6.83. The van der Waals surface area contributed by atoms with Crippen molar-refractivity contribution in [2.24, 2.45) is 5.73 Å². The van der Waals surface area contributed by atoms with Gasteiger partial charge in [0, 0.05) is 18.3 Å². The summed E-state index contributed by atoms with van der Waals surface area (Å²) in [7, 11) is 0. The summed E-state index contributed by atoms with van der Waals surface area (Å²) in [6, 6.07) is 15.8. The standard InChI is InChI=1S/C17H16N4.ClH/c1-12-5-7-13(8-6-12)17-20-14(11-18)10-16(21-17)15-4-2-3-9-19-15;/h2-10H,11,18H2,1H3;1H. The highest BCUT2D eigenvalue weighted by molar-refractivity contribution is 5.85. The first-order valence-electron chi connectivity index (χ1n) is 6.83. The van der Waals surface area contributed by atoms with E-state index in [-0.39, 0.29) is 12.4 Å². The number of aryl methyl sites for hydroxylation is 1. The first kappa shape index (κ1) is 16.1. The van der Waals surface area contributed by atoms with Crippen LogP contribution in [0.4, 0.5) is 0 Å². The fourth-order valence-corrected chi connectivity index (χ4v) is 2.08. The van der Waals surface area contributed by atoms with E-state index in [1.165, 1.54) is 5.56 Å². The Bertz CT molecular complexity index is 742. The number of nitrogens with zero attached hydrogens (tertiary/aromatic N) is 3. The Balaban J connectivity index is 0.00000176. The predicted octanol–water partition coefficient (Wildman–Crippen LogP) is 3.39. The van der Waals surface area contributed by atoms with E-state index < -0.39 is 0 Å². The Kier molecular flexibility index (Phi) is 5.20. The smallest absolute Gasteiger partial charge is 0.160 e. The minimum atomic E-state index is 0. The average molecular weight is 313 g/mol. The van der Waals surface area contributed by atoms with Crippen molar-refractivity contribution in [3.8, 4) is 22.8 Å². The molecule has 0 radical (unpaired) electrons. The quantitative estimate of drug-likeness (QED) is 0.805. The number of pyridine rings is 1. The molecule has 0 fully saturated rings. The van der Waals surface area contributed by atoms with Gasteiger partial charge in [0.25, 0.3) is 0 Å². The van der Waals surface area contributed by atoms with Crippen molar-refractivity contribution in [1.29, 1.82) is 0 Å². The van der Waals surface area contributed by atoms with E-state index in [0.29, 0.717) is 12.4 Å². The Labute approximate surface area is 135 Å². The SMILES string of the molecule is Cc1ccc(-c2nc(CN)cc(-c3ccccn3)n2)cc1.Cl. The molecular formula is C17H17ClN4. The van der Waals surface area contributed by atoms with Crippen LogP contribution in [-0.2, 0) is 6.54 Å². The lowest BCUT2D eigenvalue weighted by atomic mass is 10.1. The molecule has 2 N–H and O–H groups in total. The molecule has 1 aromatic carbocycles. The second-order valence-corrected chi connectivity index (χ2v) is 4.85. The molecule has 3 rings (SSSR count). The lowest BCUT2D eigenvalue weighted by Crippen LogP contribution is -2.04. The summed E-state index contributed by atoms with van der Waals surface area (Å²) in [5.74, 6) is 0.679. The predicted molar refractivity (Wildman–Crippen MR) is 90.6 cm³/mol. The van der Waals surface area contributed by atoms with Gasteiger partial charge in [-0.25, -0.2) is 9.97 Å². The van der Waals surface area contributed by atoms with Gasteiger partial charge in [0.2, 0.25) is 0 Å². The van der Waals surface area contributed by atoms with E-state index in [4.69, 9.17) is 5.73 Å². The van der Waals surface area contributed by atoms with E-state index in [1.54, 1.807) is 6.20 Å². The molecule has 0 atom stereocenters. The Morgan fingerprint density at radius 1 is 0.955 bits per heavy atom. The van der Waals surface area contributed by atoms with E-state index in [0.717, 1.165) is 22.6 Å². The molecule has 0 amide bonds. The summed E-state index contributed by atoms with van der Waals surface area (Å²) in [5.41, 5.74) is 10.4. The molecule has 22 heavy (non-hydrogen) atoms. The highest BCUT2D eigenvalue weighted by atomic mass is 35.5. The van der Waals surface area contributed by atoms with Gasteiger partial charge in [-0.3, -0.25) is 4.98 Å². The maximum Gasteiger partial charge on any atom is 0.160 e. The zero-order valence-corrected chi connectivity index (χ0v) is 13.0. The normalized spacial score (nSPS) is 10.1. The molecular weight excluding hydrogens is 296 g/mol. The number of nitrogens with two attached hydrogens (primary N) is 1. The third kappa shape index (κ3) is 3.47. The second-order valence-electron chi connectivity index (χ2n) is 4.85. The van der Waals surface area contributed by atoms with Gasteiger partial charge in [-0.2, -0.15) is 0 Å². The monoisotopic (exact) mass is 312 g/mol. The van der Waals surface area contributed by atoms with Crippen LogP contribution in [0.3, 0.4) is 0 Å². The summed E-state index contributed by atoms with van der Waals surface area (Å²) in [5, 5.41) is 0. The summed E-state index contributed by atoms with van der Waals surface area (Å²) in [4.78, 5) is 13.5. The van der Waals surface area contributed by atoms with Gasteiger partial charge >= 0.3 is 0 Å². The molecule has 3 aromatic rings. The van der Waals surface area contributed by atoms with Crippen LogP contribution in [0.1, 0.15) is 11.3 Å². The molecule has 0 aliphatic rings. The largest absolute Gasteiger partial charge is 0.325 e. The van der Waals surface area contributed by atoms with E-state index >= 15 is 0 Å². The maximum atomic E-state index is 5.76. The van der Waals surface area contributed by atoms with Crippen LogP contribution in [0.25, 0.3) is 22.8 Å². The Hall–Kier alpha value is -2.30. The minimum Gasteiger partial charge on any atom is -0.325 e. The number of hydrogen-bond donors (Lipinski definition) is 1. The molecule has 0 spiro atoms. The van der Waals surface area contributed by atoms with Crippen molar-refractivity contribution < 1.29 is 0 Å². The topological polar surface area (TPSA) is 64.7 Å². The molecule has 0 unspecified atom stereocenters. The Morgan fingerprint density at radius 2 is 1.73 bits per heavy atom. The third-order valence-corrected chi connectivity index (χ3v) is 3.23. The number of rotatable bonds is 3. The van der Waals surface area contributed by atoms with Crippen LogP contribution in [0.15, 0.2) is 54.7 Å². The van der Waals surface area contributed by atoms with E-state index in [9.17, 15) is 0 Å². The lowest BCUT2D eigenvalue weighted by Gasteiger charge is -2.07. The highest BCUT2D eigenvalue weighted by Crippen LogP contribution is 2.21. The van der Waals surface area contributed by atoms with Crippen LogP contribution in [0, 0.1) is 6.92 Å². The van der Waals surface area contributed by atoms with Crippen LogP contribution >= 0.6 is 12.4 Å². The average Bonchev–Trinajstić information content (AvgIpc) is 2.56. The summed E-state index contributed by atoms with van der Waals surface area (Å²) in [6.07, 6.45) is 1.76. The minimum absolute atomic E-state index is 0. The van der Waals surface area contributed by atoms with Crippen LogP contribution in [-0.4, -0.2) is 15.0 Å². The van der Waals surface area contributed by atoms with Gasteiger partial charge in [-0.15, -0.1) is 12.4 Å². The number of benzene rings is 1. The van der Waals surface area contributed by atoms with Crippen LogP contribution in [0.5, 0.6) is 0 Å². The van der Waals surface area contributed by atoms with Gasteiger partial charge in [-0.05, 0) is 25.1 Å². The molecule has 5 heteroatoms. The van der Waals surface area contributed by atoms with Gasteiger partial charge < -0.3 is 5.73 Å². The van der Waals surface area contributed by atoms with Gasteiger partial charge in [-0.1, -0.05) is 35.9 Å².